The molecule has 1 aromatic carbocycles. The number of nitrogens with zero attached hydrogens (tertiary/aromatic N) is 2. The molecule has 124 valence electrons. The zero-order valence-corrected chi connectivity index (χ0v) is 13.9. The minimum atomic E-state index is -0.356. The molecule has 1 aliphatic rings. The summed E-state index contributed by atoms with van der Waals surface area (Å²) < 4.78 is 18.1. The first kappa shape index (κ1) is 18.7. The molecule has 0 bridgehead atoms. The maximum atomic E-state index is 12.8. The molecule has 1 amide bonds. The third-order valence-electron chi connectivity index (χ3n) is 4.05. The Labute approximate surface area is 137 Å². The second-order valence-electron chi connectivity index (χ2n) is 5.32. The fourth-order valence-corrected chi connectivity index (χ4v) is 2.74. The summed E-state index contributed by atoms with van der Waals surface area (Å²) in [6.07, 6.45) is 1.92. The summed E-state index contributed by atoms with van der Waals surface area (Å²) in [5.41, 5.74) is 0. The van der Waals surface area contributed by atoms with Crippen molar-refractivity contribution in [1.29, 1.82) is 0 Å². The van der Waals surface area contributed by atoms with Crippen LogP contribution in [0.5, 0.6) is 5.75 Å². The molecule has 2 rings (SSSR count). The maximum Gasteiger partial charge on any atom is 0.415 e. The summed E-state index contributed by atoms with van der Waals surface area (Å²) in [5.74, 6) is 0.0393. The molecule has 0 aliphatic carbocycles. The molecule has 1 heterocycles. The van der Waals surface area contributed by atoms with Gasteiger partial charge in [0, 0.05) is 32.2 Å². The van der Waals surface area contributed by atoms with Crippen LogP contribution in [0.3, 0.4) is 0 Å². The third-order valence-corrected chi connectivity index (χ3v) is 4.05. The van der Waals surface area contributed by atoms with E-state index in [0.717, 1.165) is 25.9 Å². The average molecular weight is 331 g/mol. The van der Waals surface area contributed by atoms with Gasteiger partial charge in [0.2, 0.25) is 0 Å². The maximum absolute atomic E-state index is 12.8. The lowest BCUT2D eigenvalue weighted by Crippen LogP contribution is -2.52. The molecule has 0 aromatic heterocycles. The summed E-state index contributed by atoms with van der Waals surface area (Å²) in [4.78, 5) is 16.2. The van der Waals surface area contributed by atoms with Crippen molar-refractivity contribution in [2.24, 2.45) is 0 Å². The second kappa shape index (κ2) is 8.96. The standard InChI is InChI=1S/C16H23FN2O2.ClH/c1-3-14(4-2)18-9-11-19(12-10-18)16(20)21-15-7-5-13(17)6-8-15;/h5-8,14H,3-4,9-12H2,1-2H3;1H. The van der Waals surface area contributed by atoms with Crippen LogP contribution in [0.4, 0.5) is 9.18 Å². The van der Waals surface area contributed by atoms with E-state index in [1.165, 1.54) is 24.3 Å². The summed E-state index contributed by atoms with van der Waals surface area (Å²) in [7, 11) is 0. The number of hydrogen-bond donors (Lipinski definition) is 0. The normalized spacial score (nSPS) is 15.5. The van der Waals surface area contributed by atoms with Gasteiger partial charge in [-0.05, 0) is 37.1 Å². The van der Waals surface area contributed by atoms with Gasteiger partial charge in [0.05, 0.1) is 0 Å². The fourth-order valence-electron chi connectivity index (χ4n) is 2.74. The quantitative estimate of drug-likeness (QED) is 0.846. The number of amides is 1. The van der Waals surface area contributed by atoms with Crippen LogP contribution in [0.1, 0.15) is 26.7 Å². The van der Waals surface area contributed by atoms with Gasteiger partial charge in [0.1, 0.15) is 11.6 Å². The Morgan fingerprint density at radius 2 is 1.68 bits per heavy atom. The minimum absolute atomic E-state index is 0. The van der Waals surface area contributed by atoms with E-state index >= 15 is 0 Å². The summed E-state index contributed by atoms with van der Waals surface area (Å²) in [6, 6.07) is 6.10. The van der Waals surface area contributed by atoms with E-state index in [0.29, 0.717) is 24.9 Å². The lowest BCUT2D eigenvalue weighted by molar-refractivity contribution is 0.0860. The largest absolute Gasteiger partial charge is 0.415 e. The highest BCUT2D eigenvalue weighted by Gasteiger charge is 2.25. The van der Waals surface area contributed by atoms with E-state index in [1.807, 2.05) is 0 Å². The number of rotatable bonds is 4. The van der Waals surface area contributed by atoms with E-state index in [2.05, 4.69) is 18.7 Å². The number of carbonyl (C=O) groups is 1. The Morgan fingerprint density at radius 1 is 1.14 bits per heavy atom. The predicted octanol–water partition coefficient (Wildman–Crippen LogP) is 3.55. The van der Waals surface area contributed by atoms with Gasteiger partial charge in [0.15, 0.2) is 0 Å². The second-order valence-corrected chi connectivity index (χ2v) is 5.32. The first-order chi connectivity index (χ1) is 10.1. The topological polar surface area (TPSA) is 32.8 Å². The van der Waals surface area contributed by atoms with Gasteiger partial charge in [-0.15, -0.1) is 12.4 Å². The fraction of sp³-hybridized carbons (Fsp3) is 0.562. The van der Waals surface area contributed by atoms with E-state index in [1.54, 1.807) is 4.90 Å². The lowest BCUT2D eigenvalue weighted by Gasteiger charge is -2.38. The molecular formula is C16H24ClFN2O2. The molecule has 0 unspecified atom stereocenters. The van der Waals surface area contributed by atoms with Gasteiger partial charge in [-0.1, -0.05) is 13.8 Å². The molecule has 0 spiro atoms. The third kappa shape index (κ3) is 4.85. The van der Waals surface area contributed by atoms with Crippen molar-refractivity contribution < 1.29 is 13.9 Å². The van der Waals surface area contributed by atoms with Gasteiger partial charge in [-0.2, -0.15) is 0 Å². The van der Waals surface area contributed by atoms with Crippen LogP contribution in [0, 0.1) is 5.82 Å². The monoisotopic (exact) mass is 330 g/mol. The van der Waals surface area contributed by atoms with Crippen LogP contribution in [-0.2, 0) is 0 Å². The summed E-state index contributed by atoms with van der Waals surface area (Å²) in [5, 5.41) is 0. The van der Waals surface area contributed by atoms with E-state index in [-0.39, 0.29) is 24.3 Å². The van der Waals surface area contributed by atoms with Crippen molar-refractivity contribution in [3.8, 4) is 5.75 Å². The summed E-state index contributed by atoms with van der Waals surface area (Å²) >= 11 is 0. The zero-order chi connectivity index (χ0) is 15.2. The Hall–Kier alpha value is -1.33. The Bertz CT molecular complexity index is 458. The minimum Gasteiger partial charge on any atom is -0.410 e. The highest BCUT2D eigenvalue weighted by molar-refractivity contribution is 5.85. The van der Waals surface area contributed by atoms with Crippen molar-refractivity contribution in [2.75, 3.05) is 26.2 Å². The average Bonchev–Trinajstić information content (AvgIpc) is 2.51. The van der Waals surface area contributed by atoms with Crippen molar-refractivity contribution in [3.63, 3.8) is 0 Å². The number of benzene rings is 1. The van der Waals surface area contributed by atoms with Crippen LogP contribution >= 0.6 is 12.4 Å². The highest BCUT2D eigenvalue weighted by Crippen LogP contribution is 2.15. The van der Waals surface area contributed by atoms with E-state index in [9.17, 15) is 9.18 Å². The molecule has 1 aromatic rings. The molecule has 0 atom stereocenters. The van der Waals surface area contributed by atoms with Gasteiger partial charge in [-0.25, -0.2) is 9.18 Å². The first-order valence-electron chi connectivity index (χ1n) is 7.60. The Kier molecular flexibility index (Phi) is 7.62. The Morgan fingerprint density at radius 3 is 2.18 bits per heavy atom. The summed E-state index contributed by atoms with van der Waals surface area (Å²) in [6.45, 7) is 7.51. The zero-order valence-electron chi connectivity index (χ0n) is 13.1. The lowest BCUT2D eigenvalue weighted by atomic mass is 10.1. The predicted molar refractivity (Wildman–Crippen MR) is 87.2 cm³/mol. The van der Waals surface area contributed by atoms with Gasteiger partial charge in [0.25, 0.3) is 0 Å². The highest BCUT2D eigenvalue weighted by atomic mass is 35.5. The number of halogens is 2. The molecule has 1 saturated heterocycles. The van der Waals surface area contributed by atoms with Crippen LogP contribution in [0.25, 0.3) is 0 Å². The molecule has 0 N–H and O–H groups in total. The Balaban J connectivity index is 0.00000242. The first-order valence-corrected chi connectivity index (χ1v) is 7.60. The van der Waals surface area contributed by atoms with Crippen molar-refractivity contribution >= 4 is 18.5 Å². The number of carbonyl (C=O) groups excluding carboxylic acids is 1. The van der Waals surface area contributed by atoms with Crippen LogP contribution in [0.15, 0.2) is 24.3 Å². The molecule has 6 heteroatoms. The van der Waals surface area contributed by atoms with Crippen molar-refractivity contribution in [2.45, 2.75) is 32.7 Å². The van der Waals surface area contributed by atoms with Gasteiger partial charge < -0.3 is 9.64 Å². The van der Waals surface area contributed by atoms with Gasteiger partial charge in [-0.3, -0.25) is 4.90 Å². The molecule has 4 nitrogen and oxygen atoms in total. The number of ether oxygens (including phenoxy) is 1. The molecule has 1 aliphatic heterocycles. The van der Waals surface area contributed by atoms with Gasteiger partial charge >= 0.3 is 6.09 Å². The number of piperazine rings is 1. The van der Waals surface area contributed by atoms with Crippen LogP contribution in [-0.4, -0.2) is 48.1 Å². The van der Waals surface area contributed by atoms with Crippen molar-refractivity contribution in [1.82, 2.24) is 9.80 Å². The van der Waals surface area contributed by atoms with Crippen LogP contribution in [0.2, 0.25) is 0 Å². The van der Waals surface area contributed by atoms with E-state index in [4.69, 9.17) is 4.74 Å². The van der Waals surface area contributed by atoms with E-state index < -0.39 is 0 Å². The number of hydrogen-bond acceptors (Lipinski definition) is 3. The smallest absolute Gasteiger partial charge is 0.410 e. The molecular weight excluding hydrogens is 307 g/mol. The molecule has 0 saturated carbocycles. The SMILES string of the molecule is CCC(CC)N1CCN(C(=O)Oc2ccc(F)cc2)CC1.Cl. The van der Waals surface area contributed by atoms with Crippen molar-refractivity contribution in [3.05, 3.63) is 30.1 Å². The van der Waals surface area contributed by atoms with Crippen LogP contribution < -0.4 is 4.74 Å². The molecule has 0 radical (unpaired) electrons. The molecule has 22 heavy (non-hydrogen) atoms. The molecule has 1 fully saturated rings.